The fourth-order valence-electron chi connectivity index (χ4n) is 4.29. The van der Waals surface area contributed by atoms with Gasteiger partial charge in [0.1, 0.15) is 17.1 Å². The highest BCUT2D eigenvalue weighted by Gasteiger charge is 2.42. The zero-order valence-corrected chi connectivity index (χ0v) is 20.2. The Bertz CT molecular complexity index is 1180. The Hall–Kier alpha value is -3.23. The quantitative estimate of drug-likeness (QED) is 0.400. The first-order chi connectivity index (χ1) is 16.5. The van der Waals surface area contributed by atoms with Crippen LogP contribution >= 0.6 is 11.6 Å². The van der Waals surface area contributed by atoms with Crippen molar-refractivity contribution in [2.24, 2.45) is 0 Å². The second-order valence-electron chi connectivity index (χ2n) is 7.84. The predicted molar refractivity (Wildman–Crippen MR) is 129 cm³/mol. The summed E-state index contributed by atoms with van der Waals surface area (Å²) >= 11 is 6.21. The summed E-state index contributed by atoms with van der Waals surface area (Å²) in [5.41, 5.74) is 2.86. The van der Waals surface area contributed by atoms with Gasteiger partial charge in [0.05, 0.1) is 19.3 Å². The first-order valence-electron chi connectivity index (χ1n) is 11.3. The standard InChI is InChI=1S/C25H28ClN3O5/c1-4-33-19-10-7-15(13-20(19)34-5-2)24-21-22(17-14-16(26)8-9-18(17)30)27-28-23(21)25(31)29(24)11-6-12-32-3/h7-10,13-14,24,30H,4-6,11-12H2,1-3H3,(H,27,28). The monoisotopic (exact) mass is 485 g/mol. The van der Waals surface area contributed by atoms with Crippen LogP contribution in [-0.2, 0) is 4.74 Å². The Kier molecular flexibility index (Phi) is 7.29. The van der Waals surface area contributed by atoms with Gasteiger partial charge in [0, 0.05) is 36.4 Å². The average Bonchev–Trinajstić information content (AvgIpc) is 3.36. The van der Waals surface area contributed by atoms with Crippen LogP contribution in [-0.4, -0.2) is 59.6 Å². The molecule has 1 unspecified atom stereocenters. The molecule has 180 valence electrons. The molecule has 4 rings (SSSR count). The largest absolute Gasteiger partial charge is 0.507 e. The molecule has 0 spiro atoms. The molecule has 2 aromatic carbocycles. The summed E-state index contributed by atoms with van der Waals surface area (Å²) in [5.74, 6) is 1.12. The molecule has 0 radical (unpaired) electrons. The van der Waals surface area contributed by atoms with Gasteiger partial charge in [0.15, 0.2) is 11.5 Å². The minimum atomic E-state index is -0.443. The number of aromatic nitrogens is 2. The molecule has 2 N–H and O–H groups in total. The highest BCUT2D eigenvalue weighted by molar-refractivity contribution is 6.31. The minimum Gasteiger partial charge on any atom is -0.507 e. The van der Waals surface area contributed by atoms with E-state index in [1.54, 1.807) is 24.1 Å². The lowest BCUT2D eigenvalue weighted by atomic mass is 9.95. The number of aromatic hydroxyl groups is 1. The van der Waals surface area contributed by atoms with Gasteiger partial charge in [-0.3, -0.25) is 9.89 Å². The number of aromatic amines is 1. The number of nitrogens with zero attached hydrogens (tertiary/aromatic N) is 2. The summed E-state index contributed by atoms with van der Waals surface area (Å²) in [6.07, 6.45) is 0.670. The molecule has 1 aromatic heterocycles. The summed E-state index contributed by atoms with van der Waals surface area (Å²) < 4.78 is 16.8. The van der Waals surface area contributed by atoms with Crippen LogP contribution in [0.5, 0.6) is 17.2 Å². The zero-order valence-electron chi connectivity index (χ0n) is 19.4. The summed E-state index contributed by atoms with van der Waals surface area (Å²) in [5, 5.41) is 18.3. The van der Waals surface area contributed by atoms with E-state index in [-0.39, 0.29) is 11.7 Å². The second kappa shape index (κ2) is 10.4. The molecule has 8 nitrogen and oxygen atoms in total. The molecule has 3 aromatic rings. The Balaban J connectivity index is 1.86. The number of rotatable bonds is 10. The third-order valence-electron chi connectivity index (χ3n) is 5.71. The normalized spacial score (nSPS) is 15.0. The minimum absolute atomic E-state index is 0.0319. The zero-order chi connectivity index (χ0) is 24.2. The Morgan fingerprint density at radius 1 is 1.12 bits per heavy atom. The third-order valence-corrected chi connectivity index (χ3v) is 5.94. The number of phenols is 1. The number of ether oxygens (including phenoxy) is 3. The van der Waals surface area contributed by atoms with Gasteiger partial charge in [-0.1, -0.05) is 17.7 Å². The fraction of sp³-hybridized carbons (Fsp3) is 0.360. The van der Waals surface area contributed by atoms with Gasteiger partial charge in [-0.25, -0.2) is 0 Å². The molecule has 2 heterocycles. The second-order valence-corrected chi connectivity index (χ2v) is 8.28. The summed E-state index contributed by atoms with van der Waals surface area (Å²) in [7, 11) is 1.64. The highest BCUT2D eigenvalue weighted by atomic mass is 35.5. The van der Waals surface area contributed by atoms with E-state index in [0.29, 0.717) is 71.8 Å². The first kappa shape index (κ1) is 23.9. The SMILES string of the molecule is CCOc1ccc(C2c3c(-c4cc(Cl)ccc4O)n[nH]c3C(=O)N2CCCOC)cc1OCC. The van der Waals surface area contributed by atoms with Crippen molar-refractivity contribution in [3.8, 4) is 28.5 Å². The lowest BCUT2D eigenvalue weighted by Gasteiger charge is -2.27. The van der Waals surface area contributed by atoms with Crippen LogP contribution in [0.3, 0.4) is 0 Å². The van der Waals surface area contributed by atoms with Crippen LogP contribution in [0, 0.1) is 0 Å². The van der Waals surface area contributed by atoms with Crippen molar-refractivity contribution >= 4 is 17.5 Å². The van der Waals surface area contributed by atoms with E-state index in [2.05, 4.69) is 10.2 Å². The van der Waals surface area contributed by atoms with Crippen LogP contribution < -0.4 is 9.47 Å². The first-order valence-corrected chi connectivity index (χ1v) is 11.6. The molecule has 9 heteroatoms. The van der Waals surface area contributed by atoms with Crippen molar-refractivity contribution in [1.82, 2.24) is 15.1 Å². The Morgan fingerprint density at radius 2 is 1.88 bits per heavy atom. The molecule has 0 saturated heterocycles. The van der Waals surface area contributed by atoms with E-state index in [4.69, 9.17) is 25.8 Å². The molecule has 1 aliphatic rings. The van der Waals surface area contributed by atoms with Crippen molar-refractivity contribution in [2.75, 3.05) is 33.5 Å². The van der Waals surface area contributed by atoms with Crippen molar-refractivity contribution in [2.45, 2.75) is 26.3 Å². The molecule has 0 aliphatic carbocycles. The number of amides is 1. The third kappa shape index (κ3) is 4.43. The van der Waals surface area contributed by atoms with E-state index < -0.39 is 6.04 Å². The van der Waals surface area contributed by atoms with Crippen LogP contribution in [0.4, 0.5) is 0 Å². The maximum atomic E-state index is 13.4. The number of carbonyl (C=O) groups excluding carboxylic acids is 1. The van der Waals surface area contributed by atoms with E-state index in [0.717, 1.165) is 5.56 Å². The van der Waals surface area contributed by atoms with Crippen LogP contribution in [0.25, 0.3) is 11.3 Å². The fourth-order valence-corrected chi connectivity index (χ4v) is 4.47. The molecular formula is C25H28ClN3O5. The van der Waals surface area contributed by atoms with E-state index >= 15 is 0 Å². The number of nitrogens with one attached hydrogen (secondary N) is 1. The number of halogens is 1. The van der Waals surface area contributed by atoms with Crippen LogP contribution in [0.1, 0.15) is 47.9 Å². The highest BCUT2D eigenvalue weighted by Crippen LogP contribution is 2.46. The van der Waals surface area contributed by atoms with Crippen molar-refractivity contribution in [1.29, 1.82) is 0 Å². The van der Waals surface area contributed by atoms with Gasteiger partial charge in [-0.15, -0.1) is 0 Å². The number of hydrogen-bond acceptors (Lipinski definition) is 6. The number of H-pyrrole nitrogens is 1. The molecule has 1 atom stereocenters. The van der Waals surface area contributed by atoms with Crippen molar-refractivity contribution < 1.29 is 24.1 Å². The van der Waals surface area contributed by atoms with Crippen LogP contribution in [0.15, 0.2) is 36.4 Å². The van der Waals surface area contributed by atoms with Crippen molar-refractivity contribution in [3.05, 3.63) is 58.2 Å². The maximum absolute atomic E-state index is 13.4. The summed E-state index contributed by atoms with van der Waals surface area (Å²) in [6.45, 7) is 5.82. The van der Waals surface area contributed by atoms with Crippen molar-refractivity contribution in [3.63, 3.8) is 0 Å². The van der Waals surface area contributed by atoms with E-state index in [1.165, 1.54) is 6.07 Å². The lowest BCUT2D eigenvalue weighted by molar-refractivity contribution is 0.0723. The number of carbonyl (C=O) groups is 1. The smallest absolute Gasteiger partial charge is 0.273 e. The number of fused-ring (bicyclic) bond motifs is 1. The summed E-state index contributed by atoms with van der Waals surface area (Å²) in [6, 6.07) is 10.0. The Morgan fingerprint density at radius 3 is 2.62 bits per heavy atom. The molecule has 34 heavy (non-hydrogen) atoms. The molecule has 0 bridgehead atoms. The molecule has 0 fully saturated rings. The number of hydrogen-bond donors (Lipinski definition) is 2. The number of methoxy groups -OCH3 is 1. The molecule has 1 aliphatic heterocycles. The van der Waals surface area contributed by atoms with Gasteiger partial charge in [0.25, 0.3) is 5.91 Å². The Labute approximate surface area is 203 Å². The summed E-state index contributed by atoms with van der Waals surface area (Å²) in [4.78, 5) is 15.2. The predicted octanol–water partition coefficient (Wildman–Crippen LogP) is 4.81. The van der Waals surface area contributed by atoms with Gasteiger partial charge in [-0.2, -0.15) is 5.10 Å². The van der Waals surface area contributed by atoms with Gasteiger partial charge < -0.3 is 24.2 Å². The topological polar surface area (TPSA) is 96.9 Å². The van der Waals surface area contributed by atoms with Gasteiger partial charge in [-0.05, 0) is 56.2 Å². The molecule has 1 amide bonds. The van der Waals surface area contributed by atoms with E-state index in [1.807, 2.05) is 32.0 Å². The van der Waals surface area contributed by atoms with Crippen LogP contribution in [0.2, 0.25) is 5.02 Å². The lowest BCUT2D eigenvalue weighted by Crippen LogP contribution is -2.31. The van der Waals surface area contributed by atoms with Gasteiger partial charge in [0.2, 0.25) is 0 Å². The number of phenolic OH excluding ortho intramolecular Hbond substituents is 1. The average molecular weight is 486 g/mol. The van der Waals surface area contributed by atoms with E-state index in [9.17, 15) is 9.90 Å². The van der Waals surface area contributed by atoms with Gasteiger partial charge >= 0.3 is 0 Å². The number of benzene rings is 2. The molecular weight excluding hydrogens is 458 g/mol. The maximum Gasteiger partial charge on any atom is 0.273 e. The molecule has 0 saturated carbocycles.